The van der Waals surface area contributed by atoms with Crippen molar-refractivity contribution in [2.45, 2.75) is 5.41 Å². The SMILES string of the molecule is c1ccc(-c2ccc(N(c3ccccc3)c3ccc4c(c3)c3cc(-c5ccccc5)ccc3n4-c3ccc4c(c3)C3(c5ccccc5-4)c4ccccc4-c4c3ccc3c4c4ccccc4n3-c3ccccc3)cc2)cc1. The highest BCUT2D eigenvalue weighted by Gasteiger charge is 2.52. The summed E-state index contributed by atoms with van der Waals surface area (Å²) < 4.78 is 4.96. The first-order chi connectivity index (χ1) is 37.7. The maximum Gasteiger partial charge on any atom is 0.0726 e. The van der Waals surface area contributed by atoms with Crippen LogP contribution in [0.4, 0.5) is 17.1 Å². The number of aromatic nitrogens is 2. The molecule has 14 aromatic rings. The summed E-state index contributed by atoms with van der Waals surface area (Å²) >= 11 is 0. The number of nitrogens with zero attached hydrogens (tertiary/aromatic N) is 3. The van der Waals surface area contributed by atoms with E-state index in [1.807, 2.05) is 0 Å². The van der Waals surface area contributed by atoms with Crippen molar-refractivity contribution in [3.8, 4) is 55.9 Å². The lowest BCUT2D eigenvalue weighted by Crippen LogP contribution is -2.26. The van der Waals surface area contributed by atoms with E-state index in [2.05, 4.69) is 299 Å². The Morgan fingerprint density at radius 1 is 0.263 bits per heavy atom. The van der Waals surface area contributed by atoms with Crippen LogP contribution in [-0.4, -0.2) is 9.13 Å². The van der Waals surface area contributed by atoms with E-state index in [0.29, 0.717) is 0 Å². The molecule has 0 N–H and O–H groups in total. The van der Waals surface area contributed by atoms with Gasteiger partial charge in [0.1, 0.15) is 0 Å². The lowest BCUT2D eigenvalue weighted by molar-refractivity contribution is 0.793. The predicted octanol–water partition coefficient (Wildman–Crippen LogP) is 19.0. The van der Waals surface area contributed by atoms with Crippen LogP contribution in [0.25, 0.3) is 99.5 Å². The van der Waals surface area contributed by atoms with E-state index >= 15 is 0 Å². The third kappa shape index (κ3) is 6.05. The van der Waals surface area contributed by atoms with Gasteiger partial charge in [0.2, 0.25) is 0 Å². The molecule has 2 aliphatic rings. The van der Waals surface area contributed by atoms with Crippen LogP contribution in [0.15, 0.2) is 285 Å². The topological polar surface area (TPSA) is 13.1 Å². The van der Waals surface area contributed by atoms with Crippen molar-refractivity contribution < 1.29 is 0 Å². The molecule has 3 heteroatoms. The molecule has 0 saturated heterocycles. The zero-order chi connectivity index (χ0) is 49.9. The van der Waals surface area contributed by atoms with Gasteiger partial charge < -0.3 is 14.0 Å². The number of fused-ring (bicyclic) bond motifs is 17. The average molecular weight is 966 g/mol. The van der Waals surface area contributed by atoms with E-state index in [0.717, 1.165) is 39.5 Å². The number of hydrogen-bond acceptors (Lipinski definition) is 1. The van der Waals surface area contributed by atoms with Crippen molar-refractivity contribution in [2.24, 2.45) is 0 Å². The number of para-hydroxylation sites is 3. The number of hydrogen-bond donors (Lipinski definition) is 0. The van der Waals surface area contributed by atoms with Gasteiger partial charge in [0.25, 0.3) is 0 Å². The maximum atomic E-state index is 2.53. The zero-order valence-electron chi connectivity index (χ0n) is 41.5. The number of benzene rings is 12. The highest BCUT2D eigenvalue weighted by molar-refractivity contribution is 6.19. The Morgan fingerprint density at radius 2 is 0.763 bits per heavy atom. The maximum absolute atomic E-state index is 2.53. The Bertz CT molecular complexity index is 4610. The van der Waals surface area contributed by atoms with Crippen LogP contribution < -0.4 is 4.90 Å². The third-order valence-corrected chi connectivity index (χ3v) is 16.5. The van der Waals surface area contributed by atoms with Crippen molar-refractivity contribution in [2.75, 3.05) is 4.90 Å². The average Bonchev–Trinajstić information content (AvgIpc) is 4.40. The Hall–Kier alpha value is -9.96. The normalized spacial score (nSPS) is 14.1. The van der Waals surface area contributed by atoms with Crippen LogP contribution in [0.5, 0.6) is 0 Å². The molecule has 2 aliphatic carbocycles. The zero-order valence-corrected chi connectivity index (χ0v) is 41.5. The van der Waals surface area contributed by atoms with E-state index in [4.69, 9.17) is 0 Å². The quantitative estimate of drug-likeness (QED) is 0.155. The van der Waals surface area contributed by atoms with Crippen LogP contribution in [0, 0.1) is 0 Å². The van der Waals surface area contributed by atoms with Crippen LogP contribution >= 0.6 is 0 Å². The second kappa shape index (κ2) is 16.5. The fourth-order valence-corrected chi connectivity index (χ4v) is 13.4. The molecule has 0 radical (unpaired) electrons. The third-order valence-electron chi connectivity index (χ3n) is 16.5. The summed E-state index contributed by atoms with van der Waals surface area (Å²) in [4.78, 5) is 2.39. The van der Waals surface area contributed by atoms with Gasteiger partial charge in [-0.25, -0.2) is 0 Å². The lowest BCUT2D eigenvalue weighted by atomic mass is 9.70. The molecule has 3 nitrogen and oxygen atoms in total. The lowest BCUT2D eigenvalue weighted by Gasteiger charge is -2.31. The summed E-state index contributed by atoms with van der Waals surface area (Å²) in [5.41, 5.74) is 25.0. The molecule has 0 amide bonds. The first-order valence-corrected chi connectivity index (χ1v) is 26.3. The second-order valence-corrected chi connectivity index (χ2v) is 20.4. The molecule has 0 aliphatic heterocycles. The largest absolute Gasteiger partial charge is 0.310 e. The van der Waals surface area contributed by atoms with Gasteiger partial charge in [0, 0.05) is 50.0 Å². The molecular formula is C73H47N3. The first kappa shape index (κ1) is 42.5. The minimum Gasteiger partial charge on any atom is -0.310 e. The molecule has 354 valence electrons. The van der Waals surface area contributed by atoms with E-state index < -0.39 is 5.41 Å². The Kier molecular flexibility index (Phi) is 9.25. The van der Waals surface area contributed by atoms with Crippen molar-refractivity contribution in [1.82, 2.24) is 9.13 Å². The molecule has 1 unspecified atom stereocenters. The molecule has 12 aromatic carbocycles. The second-order valence-electron chi connectivity index (χ2n) is 20.4. The Morgan fingerprint density at radius 3 is 1.51 bits per heavy atom. The van der Waals surface area contributed by atoms with Crippen molar-refractivity contribution in [3.05, 3.63) is 307 Å². The summed E-state index contributed by atoms with van der Waals surface area (Å²) in [6, 6.07) is 106. The molecule has 16 rings (SSSR count). The van der Waals surface area contributed by atoms with Crippen LogP contribution in [-0.2, 0) is 5.41 Å². The minimum absolute atomic E-state index is 0.559. The number of rotatable bonds is 7. The molecule has 2 aromatic heterocycles. The van der Waals surface area contributed by atoms with Gasteiger partial charge in [-0.05, 0) is 158 Å². The highest BCUT2D eigenvalue weighted by Crippen LogP contribution is 2.64. The van der Waals surface area contributed by atoms with Crippen molar-refractivity contribution >= 4 is 60.7 Å². The van der Waals surface area contributed by atoms with Crippen LogP contribution in [0.1, 0.15) is 22.3 Å². The summed E-state index contributed by atoms with van der Waals surface area (Å²) in [6.45, 7) is 0. The summed E-state index contributed by atoms with van der Waals surface area (Å²) in [5.74, 6) is 0. The standard InChI is InChI=1S/C73H47N3/c1-5-19-48(20-6-1)50-33-36-54(37-34-50)74(52-23-9-3-10-24-52)55-39-43-69-62(46-55)61-45-51(49-21-7-2-8-22-49)35-42-68(61)76(69)56-38-40-58-57-27-13-16-30-63(57)73(66(58)47-56)64-31-17-14-28-59(64)71-65(73)41-44-70-72(71)60-29-15-18-32-67(60)75(70)53-25-11-4-12-26-53/h1-47H. The molecule has 0 fully saturated rings. The van der Waals surface area contributed by atoms with Gasteiger partial charge in [-0.2, -0.15) is 0 Å². The van der Waals surface area contributed by atoms with Crippen LogP contribution in [0.2, 0.25) is 0 Å². The molecule has 0 bridgehead atoms. The monoisotopic (exact) mass is 965 g/mol. The summed E-state index contributed by atoms with van der Waals surface area (Å²) in [5, 5.41) is 4.96. The molecule has 1 spiro atoms. The van der Waals surface area contributed by atoms with Crippen LogP contribution in [0.3, 0.4) is 0 Å². The predicted molar refractivity (Wildman–Crippen MR) is 317 cm³/mol. The van der Waals surface area contributed by atoms with E-state index in [1.54, 1.807) is 0 Å². The fraction of sp³-hybridized carbons (Fsp3) is 0.0137. The van der Waals surface area contributed by atoms with Gasteiger partial charge in [0.15, 0.2) is 0 Å². The fourth-order valence-electron chi connectivity index (χ4n) is 13.4. The molecular weight excluding hydrogens is 919 g/mol. The highest BCUT2D eigenvalue weighted by atomic mass is 15.1. The van der Waals surface area contributed by atoms with Gasteiger partial charge in [-0.1, -0.05) is 194 Å². The number of anilines is 3. The Labute approximate surface area is 441 Å². The molecule has 2 heterocycles. The first-order valence-electron chi connectivity index (χ1n) is 26.3. The summed E-state index contributed by atoms with van der Waals surface area (Å²) in [6.07, 6.45) is 0. The smallest absolute Gasteiger partial charge is 0.0726 e. The van der Waals surface area contributed by atoms with Crippen molar-refractivity contribution in [1.29, 1.82) is 0 Å². The summed E-state index contributed by atoms with van der Waals surface area (Å²) in [7, 11) is 0. The van der Waals surface area contributed by atoms with Gasteiger partial charge in [-0.15, -0.1) is 0 Å². The van der Waals surface area contributed by atoms with E-state index in [9.17, 15) is 0 Å². The Balaban J connectivity index is 0.935. The molecule has 1 atom stereocenters. The van der Waals surface area contributed by atoms with Crippen molar-refractivity contribution in [3.63, 3.8) is 0 Å². The van der Waals surface area contributed by atoms with Gasteiger partial charge >= 0.3 is 0 Å². The van der Waals surface area contributed by atoms with E-state index in [1.165, 1.54) is 99.3 Å². The van der Waals surface area contributed by atoms with Gasteiger partial charge in [-0.3, -0.25) is 0 Å². The molecule has 0 saturated carbocycles. The molecule has 76 heavy (non-hydrogen) atoms. The van der Waals surface area contributed by atoms with E-state index in [-0.39, 0.29) is 0 Å². The minimum atomic E-state index is -0.559. The van der Waals surface area contributed by atoms with Gasteiger partial charge in [0.05, 0.1) is 27.5 Å².